The zero-order valence-electron chi connectivity index (χ0n) is 9.87. The second kappa shape index (κ2) is 5.67. The number of carbonyl (C=O) groups is 1. The molecule has 2 aromatic heterocycles. The standard InChI is InChI=1S/C13H12N4O/c1-10-7-12(4-6-15-10)13(18)17-16-9-11-3-2-5-14-8-11/h2-9H,1H3,(H,17,18)/b16-9+. The summed E-state index contributed by atoms with van der Waals surface area (Å²) in [7, 11) is 0. The number of hydrogen-bond donors (Lipinski definition) is 1. The summed E-state index contributed by atoms with van der Waals surface area (Å²) in [5.41, 5.74) is 4.60. The molecule has 0 saturated carbocycles. The molecule has 5 nitrogen and oxygen atoms in total. The predicted octanol–water partition coefficient (Wildman–Crippen LogP) is 1.55. The highest BCUT2D eigenvalue weighted by Gasteiger charge is 2.03. The topological polar surface area (TPSA) is 67.2 Å². The molecule has 18 heavy (non-hydrogen) atoms. The van der Waals surface area contributed by atoms with Gasteiger partial charge in [0.2, 0.25) is 0 Å². The first kappa shape index (κ1) is 11.9. The largest absolute Gasteiger partial charge is 0.271 e. The third-order valence-electron chi connectivity index (χ3n) is 2.22. The molecule has 0 aromatic carbocycles. The van der Waals surface area contributed by atoms with Gasteiger partial charge in [0.1, 0.15) is 0 Å². The monoisotopic (exact) mass is 240 g/mol. The van der Waals surface area contributed by atoms with Crippen LogP contribution in [-0.2, 0) is 0 Å². The summed E-state index contributed by atoms with van der Waals surface area (Å²) in [6.07, 6.45) is 6.47. The lowest BCUT2D eigenvalue weighted by Gasteiger charge is -2.00. The van der Waals surface area contributed by atoms with Crippen LogP contribution in [0.15, 0.2) is 48.0 Å². The average Bonchev–Trinajstić information content (AvgIpc) is 2.40. The van der Waals surface area contributed by atoms with Crippen LogP contribution in [0, 0.1) is 6.92 Å². The number of rotatable bonds is 3. The molecule has 90 valence electrons. The smallest absolute Gasteiger partial charge is 0.267 e. The molecule has 0 atom stereocenters. The van der Waals surface area contributed by atoms with Gasteiger partial charge in [-0.25, -0.2) is 5.43 Å². The number of pyridine rings is 2. The van der Waals surface area contributed by atoms with E-state index in [2.05, 4.69) is 20.5 Å². The summed E-state index contributed by atoms with van der Waals surface area (Å²) in [5.74, 6) is -0.263. The second-order valence-electron chi connectivity index (χ2n) is 3.67. The van der Waals surface area contributed by atoms with Gasteiger partial charge in [-0.3, -0.25) is 14.8 Å². The van der Waals surface area contributed by atoms with E-state index in [9.17, 15) is 4.79 Å². The van der Waals surface area contributed by atoms with Crippen LogP contribution in [0.25, 0.3) is 0 Å². The minimum atomic E-state index is -0.263. The second-order valence-corrected chi connectivity index (χ2v) is 3.67. The maximum Gasteiger partial charge on any atom is 0.271 e. The van der Waals surface area contributed by atoms with E-state index in [1.165, 1.54) is 0 Å². The SMILES string of the molecule is Cc1cc(C(=O)N/N=C/c2cccnc2)ccn1. The molecule has 5 heteroatoms. The first-order valence-corrected chi connectivity index (χ1v) is 5.42. The van der Waals surface area contributed by atoms with E-state index in [1.54, 1.807) is 43.0 Å². The van der Waals surface area contributed by atoms with E-state index >= 15 is 0 Å². The predicted molar refractivity (Wildman–Crippen MR) is 68.3 cm³/mol. The third kappa shape index (κ3) is 3.21. The highest BCUT2D eigenvalue weighted by molar-refractivity contribution is 5.94. The van der Waals surface area contributed by atoms with Gasteiger partial charge < -0.3 is 0 Å². The van der Waals surface area contributed by atoms with Crippen LogP contribution < -0.4 is 5.43 Å². The van der Waals surface area contributed by atoms with Crippen LogP contribution in [0.1, 0.15) is 21.6 Å². The average molecular weight is 240 g/mol. The fourth-order valence-electron chi connectivity index (χ4n) is 1.37. The lowest BCUT2D eigenvalue weighted by Crippen LogP contribution is -2.17. The molecule has 0 unspecified atom stereocenters. The maximum atomic E-state index is 11.7. The van der Waals surface area contributed by atoms with Crippen molar-refractivity contribution in [1.29, 1.82) is 0 Å². The van der Waals surface area contributed by atoms with E-state index in [0.717, 1.165) is 11.3 Å². The van der Waals surface area contributed by atoms with Crippen LogP contribution in [0.4, 0.5) is 0 Å². The molecule has 0 aliphatic rings. The van der Waals surface area contributed by atoms with Crippen molar-refractivity contribution in [2.45, 2.75) is 6.92 Å². The Balaban J connectivity index is 1.99. The minimum absolute atomic E-state index is 0.263. The van der Waals surface area contributed by atoms with Crippen LogP contribution in [0.5, 0.6) is 0 Å². The number of nitrogens with zero attached hydrogens (tertiary/aromatic N) is 3. The van der Waals surface area contributed by atoms with E-state index in [0.29, 0.717) is 5.56 Å². The quantitative estimate of drug-likeness (QED) is 0.653. The lowest BCUT2D eigenvalue weighted by atomic mass is 10.2. The molecule has 2 rings (SSSR count). The Labute approximate surface area is 105 Å². The number of aryl methyl sites for hydroxylation is 1. The molecule has 2 heterocycles. The summed E-state index contributed by atoms with van der Waals surface area (Å²) in [4.78, 5) is 19.7. The van der Waals surface area contributed by atoms with Crippen molar-refractivity contribution in [2.75, 3.05) is 0 Å². The van der Waals surface area contributed by atoms with Crippen molar-refractivity contribution >= 4 is 12.1 Å². The number of hydrazone groups is 1. The Hall–Kier alpha value is -2.56. The van der Waals surface area contributed by atoms with Gasteiger partial charge >= 0.3 is 0 Å². The van der Waals surface area contributed by atoms with E-state index < -0.39 is 0 Å². The van der Waals surface area contributed by atoms with E-state index in [1.807, 2.05) is 13.0 Å². The summed E-state index contributed by atoms with van der Waals surface area (Å²) in [6.45, 7) is 1.83. The van der Waals surface area contributed by atoms with Crippen LogP contribution in [0.3, 0.4) is 0 Å². The van der Waals surface area contributed by atoms with Gasteiger partial charge in [0.25, 0.3) is 5.91 Å². The van der Waals surface area contributed by atoms with E-state index in [-0.39, 0.29) is 5.91 Å². The molecule has 0 spiro atoms. The minimum Gasteiger partial charge on any atom is -0.267 e. The zero-order valence-corrected chi connectivity index (χ0v) is 9.87. The van der Waals surface area contributed by atoms with Gasteiger partial charge in [0, 0.05) is 35.4 Å². The molecule has 0 aliphatic heterocycles. The van der Waals surface area contributed by atoms with Crippen molar-refractivity contribution < 1.29 is 4.79 Å². The Kier molecular flexibility index (Phi) is 3.76. The fraction of sp³-hybridized carbons (Fsp3) is 0.0769. The van der Waals surface area contributed by atoms with E-state index in [4.69, 9.17) is 0 Å². The molecule has 1 amide bonds. The van der Waals surface area contributed by atoms with Crippen molar-refractivity contribution in [2.24, 2.45) is 5.10 Å². The van der Waals surface area contributed by atoms with Gasteiger partial charge in [0.05, 0.1) is 6.21 Å². The molecule has 0 fully saturated rings. The Bertz CT molecular complexity index is 566. The molecule has 0 radical (unpaired) electrons. The molecule has 0 bridgehead atoms. The van der Waals surface area contributed by atoms with Gasteiger partial charge in [-0.2, -0.15) is 5.10 Å². The number of carbonyl (C=O) groups excluding carboxylic acids is 1. The zero-order chi connectivity index (χ0) is 12.8. The lowest BCUT2D eigenvalue weighted by molar-refractivity contribution is 0.0955. The van der Waals surface area contributed by atoms with Gasteiger partial charge in [-0.1, -0.05) is 6.07 Å². The number of hydrogen-bond acceptors (Lipinski definition) is 4. The summed E-state index contributed by atoms with van der Waals surface area (Å²) < 4.78 is 0. The molecular formula is C13H12N4O. The van der Waals surface area contributed by atoms with Crippen LogP contribution in [-0.4, -0.2) is 22.1 Å². The highest BCUT2D eigenvalue weighted by atomic mass is 16.2. The summed E-state index contributed by atoms with van der Waals surface area (Å²) in [5, 5.41) is 3.86. The normalized spacial score (nSPS) is 10.5. The van der Waals surface area contributed by atoms with Crippen molar-refractivity contribution in [1.82, 2.24) is 15.4 Å². The Morgan fingerprint density at radius 3 is 3.00 bits per heavy atom. The fourth-order valence-corrected chi connectivity index (χ4v) is 1.37. The van der Waals surface area contributed by atoms with Crippen LogP contribution in [0.2, 0.25) is 0 Å². The van der Waals surface area contributed by atoms with Gasteiger partial charge in [0.15, 0.2) is 0 Å². The number of nitrogens with one attached hydrogen (secondary N) is 1. The van der Waals surface area contributed by atoms with Gasteiger partial charge in [-0.05, 0) is 25.1 Å². The molecular weight excluding hydrogens is 228 g/mol. The number of amides is 1. The third-order valence-corrected chi connectivity index (χ3v) is 2.22. The van der Waals surface area contributed by atoms with Crippen molar-refractivity contribution in [3.05, 3.63) is 59.7 Å². The molecule has 0 aliphatic carbocycles. The number of aromatic nitrogens is 2. The Morgan fingerprint density at radius 2 is 2.28 bits per heavy atom. The summed E-state index contributed by atoms with van der Waals surface area (Å²) in [6, 6.07) is 6.99. The molecule has 0 saturated heterocycles. The highest BCUT2D eigenvalue weighted by Crippen LogP contribution is 2.00. The maximum absolute atomic E-state index is 11.7. The first-order valence-electron chi connectivity index (χ1n) is 5.42. The molecule has 2 aromatic rings. The first-order chi connectivity index (χ1) is 8.75. The Morgan fingerprint density at radius 1 is 1.39 bits per heavy atom. The van der Waals surface area contributed by atoms with Crippen molar-refractivity contribution in [3.63, 3.8) is 0 Å². The molecule has 1 N–H and O–H groups in total. The summed E-state index contributed by atoms with van der Waals surface area (Å²) >= 11 is 0. The van der Waals surface area contributed by atoms with Gasteiger partial charge in [-0.15, -0.1) is 0 Å². The van der Waals surface area contributed by atoms with Crippen LogP contribution >= 0.6 is 0 Å². The van der Waals surface area contributed by atoms with Crippen molar-refractivity contribution in [3.8, 4) is 0 Å².